The molecule has 1 aliphatic carbocycles. The first-order valence-corrected chi connectivity index (χ1v) is 9.54. The van der Waals surface area contributed by atoms with Crippen LogP contribution in [0.3, 0.4) is 0 Å². The number of piperidine rings is 1. The zero-order valence-corrected chi connectivity index (χ0v) is 16.3. The quantitative estimate of drug-likeness (QED) is 0.852. The molecule has 0 spiro atoms. The first-order chi connectivity index (χ1) is 12.7. The zero-order valence-electron chi connectivity index (χ0n) is 15.4. The molecule has 0 unspecified atom stereocenters. The molecule has 1 N–H and O–H groups in total. The Morgan fingerprint density at radius 2 is 1.48 bits per heavy atom. The summed E-state index contributed by atoms with van der Waals surface area (Å²) in [5.41, 5.74) is 6.85. The molecule has 0 atom stereocenters. The molecule has 0 saturated carbocycles. The van der Waals surface area contributed by atoms with Crippen LogP contribution < -0.4 is 0 Å². The Balaban J connectivity index is 0.00000210. The topological polar surface area (TPSA) is 40.5 Å². The van der Waals surface area contributed by atoms with Gasteiger partial charge in [-0.15, -0.1) is 12.4 Å². The van der Waals surface area contributed by atoms with Crippen LogP contribution in [0.15, 0.2) is 54.6 Å². The molecule has 1 fully saturated rings. The van der Waals surface area contributed by atoms with Gasteiger partial charge in [0.25, 0.3) is 0 Å². The first kappa shape index (κ1) is 19.7. The van der Waals surface area contributed by atoms with E-state index in [1.807, 2.05) is 0 Å². The van der Waals surface area contributed by atoms with E-state index in [-0.39, 0.29) is 18.3 Å². The van der Waals surface area contributed by atoms with E-state index in [4.69, 9.17) is 0 Å². The number of likely N-dealkylation sites (tertiary alicyclic amines) is 1. The van der Waals surface area contributed by atoms with Gasteiger partial charge in [-0.05, 0) is 66.6 Å². The van der Waals surface area contributed by atoms with Crippen LogP contribution in [-0.2, 0) is 17.6 Å². The second-order valence-corrected chi connectivity index (χ2v) is 7.35. The van der Waals surface area contributed by atoms with Crippen molar-refractivity contribution < 1.29 is 9.90 Å². The number of rotatable bonds is 3. The number of carboxylic acid groups (broad SMARTS) is 1. The number of aliphatic carboxylic acids is 1. The summed E-state index contributed by atoms with van der Waals surface area (Å²) in [7, 11) is 0. The lowest BCUT2D eigenvalue weighted by Crippen LogP contribution is -2.36. The molecule has 0 amide bonds. The summed E-state index contributed by atoms with van der Waals surface area (Å²) < 4.78 is 0. The summed E-state index contributed by atoms with van der Waals surface area (Å²) in [6.07, 6.45) is 6.02. The maximum atomic E-state index is 11.1. The Kier molecular flexibility index (Phi) is 6.35. The number of nitrogens with zero attached hydrogens (tertiary/aromatic N) is 1. The molecule has 2 aromatic carbocycles. The van der Waals surface area contributed by atoms with Crippen molar-refractivity contribution in [1.29, 1.82) is 0 Å². The van der Waals surface area contributed by atoms with Crippen LogP contribution in [0.4, 0.5) is 0 Å². The number of hydrogen-bond donors (Lipinski definition) is 1. The van der Waals surface area contributed by atoms with Crippen molar-refractivity contribution in [3.63, 3.8) is 0 Å². The number of halogens is 1. The molecule has 4 rings (SSSR count). The molecule has 1 heterocycles. The van der Waals surface area contributed by atoms with Crippen molar-refractivity contribution in [2.75, 3.05) is 19.6 Å². The van der Waals surface area contributed by atoms with E-state index in [1.165, 1.54) is 27.8 Å². The minimum absolute atomic E-state index is 0. The van der Waals surface area contributed by atoms with Crippen molar-refractivity contribution in [2.24, 2.45) is 5.92 Å². The van der Waals surface area contributed by atoms with Crippen LogP contribution >= 0.6 is 12.4 Å². The van der Waals surface area contributed by atoms with E-state index in [0.717, 1.165) is 45.3 Å². The second-order valence-electron chi connectivity index (χ2n) is 7.35. The Bertz CT molecular complexity index is 788. The Morgan fingerprint density at radius 1 is 0.963 bits per heavy atom. The third-order valence-electron chi connectivity index (χ3n) is 5.77. The highest BCUT2D eigenvalue weighted by Crippen LogP contribution is 2.33. The second kappa shape index (κ2) is 8.73. The minimum Gasteiger partial charge on any atom is -0.481 e. The number of carbonyl (C=O) groups is 1. The zero-order chi connectivity index (χ0) is 17.9. The van der Waals surface area contributed by atoms with Gasteiger partial charge in [-0.2, -0.15) is 0 Å². The molecule has 2 aliphatic rings. The first-order valence-electron chi connectivity index (χ1n) is 9.54. The van der Waals surface area contributed by atoms with Crippen LogP contribution in [0.1, 0.15) is 35.1 Å². The molecular weight excluding hydrogens is 358 g/mol. The van der Waals surface area contributed by atoms with Crippen LogP contribution in [0, 0.1) is 5.92 Å². The Hall–Kier alpha value is -2.10. The third-order valence-corrected chi connectivity index (χ3v) is 5.77. The summed E-state index contributed by atoms with van der Waals surface area (Å²) in [6.45, 7) is 2.61. The van der Waals surface area contributed by atoms with E-state index in [2.05, 4.69) is 59.5 Å². The molecule has 27 heavy (non-hydrogen) atoms. The fraction of sp³-hybridized carbons (Fsp3) is 0.348. The fourth-order valence-corrected chi connectivity index (χ4v) is 4.22. The van der Waals surface area contributed by atoms with Gasteiger partial charge >= 0.3 is 5.97 Å². The normalized spacial score (nSPS) is 17.3. The maximum absolute atomic E-state index is 11.1. The van der Waals surface area contributed by atoms with Crippen LogP contribution in [0.2, 0.25) is 0 Å². The maximum Gasteiger partial charge on any atom is 0.306 e. The molecule has 142 valence electrons. The van der Waals surface area contributed by atoms with E-state index in [9.17, 15) is 9.90 Å². The summed E-state index contributed by atoms with van der Waals surface area (Å²) in [4.78, 5) is 13.5. The standard InChI is InChI=1S/C23H25NO2.ClH/c25-23(26)19-11-14-24(15-12-19)16-13-22-20-7-3-1-5-17(20)9-10-18-6-2-4-8-21(18)22;/h1-8,13,19H,9-12,14-16H2,(H,25,26);1H. The number of hydrogen-bond acceptors (Lipinski definition) is 2. The van der Waals surface area contributed by atoms with Crippen molar-refractivity contribution in [1.82, 2.24) is 4.90 Å². The van der Waals surface area contributed by atoms with Gasteiger partial charge in [0.15, 0.2) is 0 Å². The molecule has 2 aromatic rings. The predicted octanol–water partition coefficient (Wildman–Crippen LogP) is 4.44. The van der Waals surface area contributed by atoms with Crippen molar-refractivity contribution in [3.05, 3.63) is 76.9 Å². The summed E-state index contributed by atoms with van der Waals surface area (Å²) in [5, 5.41) is 9.18. The van der Waals surface area contributed by atoms with Gasteiger partial charge in [0.2, 0.25) is 0 Å². The molecule has 3 nitrogen and oxygen atoms in total. The third kappa shape index (κ3) is 4.26. The van der Waals surface area contributed by atoms with Crippen LogP contribution in [-0.4, -0.2) is 35.6 Å². The number of carboxylic acids is 1. The molecule has 0 radical (unpaired) electrons. The van der Waals surface area contributed by atoms with Gasteiger partial charge in [0.1, 0.15) is 0 Å². The lowest BCUT2D eigenvalue weighted by molar-refractivity contribution is -0.143. The summed E-state index contributed by atoms with van der Waals surface area (Å²) in [5.74, 6) is -0.812. The van der Waals surface area contributed by atoms with Crippen LogP contribution in [0.25, 0.3) is 5.57 Å². The van der Waals surface area contributed by atoms with Gasteiger partial charge in [-0.3, -0.25) is 9.69 Å². The summed E-state index contributed by atoms with van der Waals surface area (Å²) in [6, 6.07) is 17.5. The smallest absolute Gasteiger partial charge is 0.306 e. The lowest BCUT2D eigenvalue weighted by Gasteiger charge is -2.29. The lowest BCUT2D eigenvalue weighted by atomic mass is 9.93. The molecule has 0 aromatic heterocycles. The molecule has 0 bridgehead atoms. The minimum atomic E-state index is -0.644. The van der Waals surface area contributed by atoms with Gasteiger partial charge in [0.05, 0.1) is 5.92 Å². The molecule has 1 saturated heterocycles. The highest BCUT2D eigenvalue weighted by atomic mass is 35.5. The highest BCUT2D eigenvalue weighted by molar-refractivity contribution is 5.85. The number of benzene rings is 2. The van der Waals surface area contributed by atoms with E-state index in [0.29, 0.717) is 0 Å². The average Bonchev–Trinajstić information content (AvgIpc) is 2.84. The highest BCUT2D eigenvalue weighted by Gasteiger charge is 2.24. The van der Waals surface area contributed by atoms with E-state index >= 15 is 0 Å². The van der Waals surface area contributed by atoms with E-state index < -0.39 is 5.97 Å². The monoisotopic (exact) mass is 383 g/mol. The number of fused-ring (bicyclic) bond motifs is 2. The molecule has 1 aliphatic heterocycles. The van der Waals surface area contributed by atoms with Crippen LogP contribution in [0.5, 0.6) is 0 Å². The van der Waals surface area contributed by atoms with Gasteiger partial charge < -0.3 is 5.11 Å². The largest absolute Gasteiger partial charge is 0.481 e. The fourth-order valence-electron chi connectivity index (χ4n) is 4.22. The van der Waals surface area contributed by atoms with Gasteiger partial charge in [-0.25, -0.2) is 0 Å². The van der Waals surface area contributed by atoms with Crippen molar-refractivity contribution in [3.8, 4) is 0 Å². The Labute approximate surface area is 167 Å². The average molecular weight is 384 g/mol. The predicted molar refractivity (Wildman–Crippen MR) is 111 cm³/mol. The van der Waals surface area contributed by atoms with Crippen molar-refractivity contribution >= 4 is 23.9 Å². The summed E-state index contributed by atoms with van der Waals surface area (Å²) >= 11 is 0. The van der Waals surface area contributed by atoms with Gasteiger partial charge in [0, 0.05) is 6.54 Å². The van der Waals surface area contributed by atoms with Gasteiger partial charge in [-0.1, -0.05) is 54.6 Å². The molecule has 4 heteroatoms. The van der Waals surface area contributed by atoms with E-state index in [1.54, 1.807) is 0 Å². The number of aryl methyl sites for hydroxylation is 2. The Morgan fingerprint density at radius 3 is 2.00 bits per heavy atom. The SMILES string of the molecule is Cl.O=C(O)C1CCN(CC=C2c3ccccc3CCc3ccccc32)CC1. The van der Waals surface area contributed by atoms with Crippen molar-refractivity contribution in [2.45, 2.75) is 25.7 Å². The molecular formula is C23H26ClNO2.